The van der Waals surface area contributed by atoms with Gasteiger partial charge in [-0.1, -0.05) is 30.3 Å². The lowest BCUT2D eigenvalue weighted by Gasteiger charge is -2.08. The fourth-order valence-electron chi connectivity index (χ4n) is 2.41. The highest BCUT2D eigenvalue weighted by Crippen LogP contribution is 2.23. The molecule has 0 aliphatic heterocycles. The number of rotatable bonds is 6. The number of hydrogen-bond donors (Lipinski definition) is 1. The zero-order valence-corrected chi connectivity index (χ0v) is 14.1. The van der Waals surface area contributed by atoms with Crippen molar-refractivity contribution < 1.29 is 14.3 Å². The second-order valence-electron chi connectivity index (χ2n) is 5.44. The number of hydrogen-bond acceptors (Lipinski definition) is 4. The standard InChI is InChI=1S/C19H19N3O3/c1-24-16-10-15(11-17(12-16)25-2)19(23)20-18-8-9-22(21-18)13-14-6-4-3-5-7-14/h3-12H,13H2,1-2H3,(H,20,21,23). The molecule has 0 unspecified atom stereocenters. The van der Waals surface area contributed by atoms with Crippen LogP contribution in [0.3, 0.4) is 0 Å². The minimum Gasteiger partial charge on any atom is -0.497 e. The number of nitrogens with zero attached hydrogens (tertiary/aromatic N) is 2. The van der Waals surface area contributed by atoms with E-state index in [1.165, 1.54) is 0 Å². The van der Waals surface area contributed by atoms with Gasteiger partial charge in [-0.05, 0) is 17.7 Å². The Morgan fingerprint density at radius 3 is 2.36 bits per heavy atom. The fraction of sp³-hybridized carbons (Fsp3) is 0.158. The number of anilines is 1. The molecule has 2 aromatic carbocycles. The number of aromatic nitrogens is 2. The monoisotopic (exact) mass is 337 g/mol. The Balaban J connectivity index is 1.71. The number of ether oxygens (including phenoxy) is 2. The number of benzene rings is 2. The maximum Gasteiger partial charge on any atom is 0.257 e. The van der Waals surface area contributed by atoms with Crippen LogP contribution in [0.15, 0.2) is 60.8 Å². The molecule has 1 amide bonds. The molecule has 0 aliphatic rings. The molecule has 1 heterocycles. The summed E-state index contributed by atoms with van der Waals surface area (Å²) in [6.45, 7) is 0.643. The van der Waals surface area contributed by atoms with Crippen molar-refractivity contribution in [2.24, 2.45) is 0 Å². The minimum absolute atomic E-state index is 0.276. The summed E-state index contributed by atoms with van der Waals surface area (Å²) in [6.07, 6.45) is 1.83. The SMILES string of the molecule is COc1cc(OC)cc(C(=O)Nc2ccn(Cc3ccccc3)n2)c1. The summed E-state index contributed by atoms with van der Waals surface area (Å²) >= 11 is 0. The van der Waals surface area contributed by atoms with Gasteiger partial charge >= 0.3 is 0 Å². The minimum atomic E-state index is -0.276. The van der Waals surface area contributed by atoms with Gasteiger partial charge in [0.05, 0.1) is 20.8 Å². The zero-order valence-electron chi connectivity index (χ0n) is 14.1. The van der Waals surface area contributed by atoms with E-state index in [-0.39, 0.29) is 5.91 Å². The fourth-order valence-corrected chi connectivity index (χ4v) is 2.41. The maximum atomic E-state index is 12.4. The topological polar surface area (TPSA) is 65.4 Å². The summed E-state index contributed by atoms with van der Waals surface area (Å²) in [6, 6.07) is 16.8. The number of methoxy groups -OCH3 is 2. The van der Waals surface area contributed by atoms with E-state index in [4.69, 9.17) is 9.47 Å². The molecule has 0 aliphatic carbocycles. The Hall–Kier alpha value is -3.28. The van der Waals surface area contributed by atoms with Gasteiger partial charge < -0.3 is 14.8 Å². The third-order valence-electron chi connectivity index (χ3n) is 3.68. The Labute approximate surface area is 146 Å². The number of nitrogens with one attached hydrogen (secondary N) is 1. The van der Waals surface area contributed by atoms with Crippen LogP contribution < -0.4 is 14.8 Å². The first kappa shape index (κ1) is 16.6. The lowest BCUT2D eigenvalue weighted by molar-refractivity contribution is 0.102. The predicted molar refractivity (Wildman–Crippen MR) is 95.3 cm³/mol. The normalized spacial score (nSPS) is 10.3. The van der Waals surface area contributed by atoms with Crippen molar-refractivity contribution in [1.29, 1.82) is 0 Å². The van der Waals surface area contributed by atoms with Crippen molar-refractivity contribution in [3.63, 3.8) is 0 Å². The molecule has 6 nitrogen and oxygen atoms in total. The van der Waals surface area contributed by atoms with Gasteiger partial charge in [0.25, 0.3) is 5.91 Å². The van der Waals surface area contributed by atoms with E-state index in [9.17, 15) is 4.79 Å². The van der Waals surface area contributed by atoms with Crippen LogP contribution in [-0.2, 0) is 6.54 Å². The molecule has 1 aromatic heterocycles. The molecule has 0 spiro atoms. The Bertz CT molecular complexity index is 837. The smallest absolute Gasteiger partial charge is 0.257 e. The zero-order chi connectivity index (χ0) is 17.6. The first-order valence-corrected chi connectivity index (χ1v) is 7.80. The summed E-state index contributed by atoms with van der Waals surface area (Å²) in [7, 11) is 3.09. The van der Waals surface area contributed by atoms with Gasteiger partial charge in [-0.3, -0.25) is 9.48 Å². The van der Waals surface area contributed by atoms with Gasteiger partial charge in [0.15, 0.2) is 5.82 Å². The molecule has 3 rings (SSSR count). The van der Waals surface area contributed by atoms with Crippen LogP contribution in [0.1, 0.15) is 15.9 Å². The number of amides is 1. The molecule has 0 saturated carbocycles. The van der Waals surface area contributed by atoms with Gasteiger partial charge in [0, 0.05) is 23.9 Å². The Morgan fingerprint density at radius 1 is 1.04 bits per heavy atom. The van der Waals surface area contributed by atoms with Crippen LogP contribution in [0.4, 0.5) is 5.82 Å². The average Bonchev–Trinajstić information content (AvgIpc) is 3.08. The molecule has 128 valence electrons. The van der Waals surface area contributed by atoms with Crippen LogP contribution in [0.2, 0.25) is 0 Å². The van der Waals surface area contributed by atoms with Gasteiger partial charge in [-0.25, -0.2) is 0 Å². The Kier molecular flexibility index (Phi) is 4.99. The molecule has 0 fully saturated rings. The van der Waals surface area contributed by atoms with Crippen LogP contribution in [0, 0.1) is 0 Å². The van der Waals surface area contributed by atoms with Gasteiger partial charge in [0.2, 0.25) is 0 Å². The average molecular weight is 337 g/mol. The van der Waals surface area contributed by atoms with Crippen molar-refractivity contribution in [2.75, 3.05) is 19.5 Å². The van der Waals surface area contributed by atoms with Crippen LogP contribution >= 0.6 is 0 Å². The molecule has 0 saturated heterocycles. The van der Waals surface area contributed by atoms with Gasteiger partial charge in [0.1, 0.15) is 11.5 Å². The molecule has 0 bridgehead atoms. The van der Waals surface area contributed by atoms with Crippen molar-refractivity contribution in [3.05, 3.63) is 71.9 Å². The maximum absolute atomic E-state index is 12.4. The lowest BCUT2D eigenvalue weighted by Crippen LogP contribution is -2.13. The molecule has 0 atom stereocenters. The molecular weight excluding hydrogens is 318 g/mol. The molecule has 1 N–H and O–H groups in total. The molecule has 6 heteroatoms. The number of carbonyl (C=O) groups is 1. The summed E-state index contributed by atoms with van der Waals surface area (Å²) < 4.78 is 12.2. The van der Waals surface area contributed by atoms with Crippen LogP contribution in [0.25, 0.3) is 0 Å². The van der Waals surface area contributed by atoms with Crippen molar-refractivity contribution in [3.8, 4) is 11.5 Å². The van der Waals surface area contributed by atoms with E-state index < -0.39 is 0 Å². The quantitative estimate of drug-likeness (QED) is 0.750. The highest BCUT2D eigenvalue weighted by atomic mass is 16.5. The van der Waals surface area contributed by atoms with E-state index in [0.29, 0.717) is 29.4 Å². The van der Waals surface area contributed by atoms with Crippen molar-refractivity contribution in [2.45, 2.75) is 6.54 Å². The first-order valence-electron chi connectivity index (χ1n) is 7.80. The third kappa shape index (κ3) is 4.17. The van der Waals surface area contributed by atoms with E-state index in [2.05, 4.69) is 10.4 Å². The van der Waals surface area contributed by atoms with Crippen LogP contribution in [0.5, 0.6) is 11.5 Å². The second-order valence-corrected chi connectivity index (χ2v) is 5.44. The van der Waals surface area contributed by atoms with Gasteiger partial charge in [-0.15, -0.1) is 0 Å². The summed E-state index contributed by atoms with van der Waals surface area (Å²) in [5.74, 6) is 1.32. The second kappa shape index (κ2) is 7.53. The van der Waals surface area contributed by atoms with Crippen LogP contribution in [-0.4, -0.2) is 29.9 Å². The summed E-state index contributed by atoms with van der Waals surface area (Å²) in [5.41, 5.74) is 1.58. The summed E-state index contributed by atoms with van der Waals surface area (Å²) in [4.78, 5) is 12.4. The molecular formula is C19H19N3O3. The van der Waals surface area contributed by atoms with E-state index in [1.54, 1.807) is 43.2 Å². The largest absolute Gasteiger partial charge is 0.497 e. The first-order chi connectivity index (χ1) is 12.2. The van der Waals surface area contributed by atoms with Crippen molar-refractivity contribution >= 4 is 11.7 Å². The molecule has 3 aromatic rings. The predicted octanol–water partition coefficient (Wildman–Crippen LogP) is 3.20. The number of carbonyl (C=O) groups excluding carboxylic acids is 1. The Morgan fingerprint density at radius 2 is 1.72 bits per heavy atom. The molecule has 0 radical (unpaired) electrons. The molecule has 25 heavy (non-hydrogen) atoms. The summed E-state index contributed by atoms with van der Waals surface area (Å²) in [5, 5.41) is 7.16. The third-order valence-corrected chi connectivity index (χ3v) is 3.68. The highest BCUT2D eigenvalue weighted by molar-refractivity contribution is 6.04. The van der Waals surface area contributed by atoms with Crippen molar-refractivity contribution in [1.82, 2.24) is 9.78 Å². The van der Waals surface area contributed by atoms with E-state index in [0.717, 1.165) is 5.56 Å². The highest BCUT2D eigenvalue weighted by Gasteiger charge is 2.11. The van der Waals surface area contributed by atoms with E-state index in [1.807, 2.05) is 36.5 Å². The lowest BCUT2D eigenvalue weighted by atomic mass is 10.2. The van der Waals surface area contributed by atoms with E-state index >= 15 is 0 Å². The van der Waals surface area contributed by atoms with Gasteiger partial charge in [-0.2, -0.15) is 5.10 Å².